The summed E-state index contributed by atoms with van der Waals surface area (Å²) in [5, 5.41) is 0. The molecule has 0 aliphatic carbocycles. The van der Waals surface area contributed by atoms with Crippen LogP contribution in [0.15, 0.2) is 34.8 Å². The molecule has 0 N–H and O–H groups in total. The molecule has 0 saturated carbocycles. The van der Waals surface area contributed by atoms with Crippen LogP contribution in [0.25, 0.3) is 0 Å². The van der Waals surface area contributed by atoms with Crippen LogP contribution in [-0.2, 0) is 5.41 Å². The molecule has 1 nitrogen and oxygen atoms in total. The molecule has 0 amide bonds. The zero-order valence-electron chi connectivity index (χ0n) is 11.6. The van der Waals surface area contributed by atoms with E-state index >= 15 is 0 Å². The lowest BCUT2D eigenvalue weighted by molar-refractivity contribution is 0.104. The Morgan fingerprint density at radius 1 is 1.21 bits per heavy atom. The van der Waals surface area contributed by atoms with Gasteiger partial charge in [-0.2, -0.15) is 0 Å². The summed E-state index contributed by atoms with van der Waals surface area (Å²) in [6, 6.07) is 9.88. The summed E-state index contributed by atoms with van der Waals surface area (Å²) in [6.45, 7) is 8.41. The number of thiophene rings is 1. The summed E-state index contributed by atoms with van der Waals surface area (Å²) >= 11 is 5.02. The van der Waals surface area contributed by atoms with Gasteiger partial charge in [-0.1, -0.05) is 45.0 Å². The first-order chi connectivity index (χ1) is 8.80. The van der Waals surface area contributed by atoms with Crippen molar-refractivity contribution in [3.05, 3.63) is 55.7 Å². The normalized spacial score (nSPS) is 11.6. The van der Waals surface area contributed by atoms with E-state index in [1.54, 1.807) is 11.3 Å². The second-order valence-electron chi connectivity index (χ2n) is 5.66. The molecule has 100 valence electrons. The summed E-state index contributed by atoms with van der Waals surface area (Å²) in [7, 11) is 0. The van der Waals surface area contributed by atoms with Gasteiger partial charge in [0.1, 0.15) is 0 Å². The fraction of sp³-hybridized carbons (Fsp3) is 0.312. The van der Waals surface area contributed by atoms with E-state index in [1.165, 1.54) is 0 Å². The number of hydrogen-bond acceptors (Lipinski definition) is 2. The first-order valence-corrected chi connectivity index (χ1v) is 7.82. The molecule has 0 aliphatic heterocycles. The fourth-order valence-electron chi connectivity index (χ4n) is 2.10. The van der Waals surface area contributed by atoms with Crippen molar-refractivity contribution in [1.82, 2.24) is 0 Å². The van der Waals surface area contributed by atoms with Crippen LogP contribution in [0.5, 0.6) is 0 Å². The fourth-order valence-corrected chi connectivity index (χ4v) is 3.87. The molecule has 0 radical (unpaired) electrons. The van der Waals surface area contributed by atoms with E-state index in [-0.39, 0.29) is 11.2 Å². The third-order valence-electron chi connectivity index (χ3n) is 3.00. The highest BCUT2D eigenvalue weighted by atomic mass is 79.9. The van der Waals surface area contributed by atoms with Gasteiger partial charge in [0.05, 0.1) is 4.88 Å². The standard InChI is InChI=1S/C16H17BrOS/c1-10-9-13(17)15(19-10)14(18)11-7-5-6-8-12(11)16(2,3)4/h5-9H,1-4H3. The lowest BCUT2D eigenvalue weighted by atomic mass is 9.82. The van der Waals surface area contributed by atoms with Gasteiger partial charge in [-0.3, -0.25) is 4.79 Å². The minimum absolute atomic E-state index is 0.0367. The lowest BCUT2D eigenvalue weighted by Gasteiger charge is -2.22. The molecule has 1 aromatic carbocycles. The van der Waals surface area contributed by atoms with Crippen molar-refractivity contribution in [2.45, 2.75) is 33.1 Å². The summed E-state index contributed by atoms with van der Waals surface area (Å²) in [5.74, 6) is 0.107. The van der Waals surface area contributed by atoms with Crippen molar-refractivity contribution in [2.24, 2.45) is 0 Å². The monoisotopic (exact) mass is 336 g/mol. The highest BCUT2D eigenvalue weighted by Gasteiger charge is 2.24. The Labute approximate surface area is 126 Å². The van der Waals surface area contributed by atoms with Crippen LogP contribution >= 0.6 is 27.3 Å². The van der Waals surface area contributed by atoms with E-state index in [1.807, 2.05) is 37.3 Å². The molecule has 2 rings (SSSR count). The lowest BCUT2D eigenvalue weighted by Crippen LogP contribution is -2.17. The molecule has 3 heteroatoms. The van der Waals surface area contributed by atoms with Crippen LogP contribution in [-0.4, -0.2) is 5.78 Å². The second-order valence-corrected chi connectivity index (χ2v) is 7.77. The molecule has 1 aromatic heterocycles. The highest BCUT2D eigenvalue weighted by molar-refractivity contribution is 9.10. The Balaban J connectivity index is 2.54. The number of benzene rings is 1. The number of ketones is 1. The van der Waals surface area contributed by atoms with E-state index in [0.717, 1.165) is 25.4 Å². The number of aryl methyl sites for hydroxylation is 1. The molecule has 0 bridgehead atoms. The average Bonchev–Trinajstić information content (AvgIpc) is 2.66. The number of carbonyl (C=O) groups is 1. The molecule has 0 aliphatic rings. The Morgan fingerprint density at radius 2 is 1.84 bits per heavy atom. The predicted molar refractivity (Wildman–Crippen MR) is 85.3 cm³/mol. The van der Waals surface area contributed by atoms with Crippen LogP contribution in [0.4, 0.5) is 0 Å². The van der Waals surface area contributed by atoms with Gasteiger partial charge in [-0.05, 0) is 39.9 Å². The van der Waals surface area contributed by atoms with Crippen LogP contribution < -0.4 is 0 Å². The molecule has 1 heterocycles. The third kappa shape index (κ3) is 2.98. The molecule has 2 aromatic rings. The van der Waals surface area contributed by atoms with Gasteiger partial charge in [0.2, 0.25) is 5.78 Å². The maximum Gasteiger partial charge on any atom is 0.204 e. The van der Waals surface area contributed by atoms with Gasteiger partial charge in [0, 0.05) is 14.9 Å². The van der Waals surface area contributed by atoms with Gasteiger partial charge in [0.15, 0.2) is 0 Å². The van der Waals surface area contributed by atoms with Gasteiger partial charge >= 0.3 is 0 Å². The van der Waals surface area contributed by atoms with E-state index in [0.29, 0.717) is 0 Å². The molecule has 0 fully saturated rings. The number of hydrogen-bond donors (Lipinski definition) is 0. The maximum atomic E-state index is 12.7. The van der Waals surface area contributed by atoms with Gasteiger partial charge in [-0.15, -0.1) is 11.3 Å². The van der Waals surface area contributed by atoms with Crippen LogP contribution in [0.1, 0.15) is 46.4 Å². The minimum Gasteiger partial charge on any atom is -0.288 e. The number of rotatable bonds is 2. The first-order valence-electron chi connectivity index (χ1n) is 6.21. The molecular weight excluding hydrogens is 320 g/mol. The number of carbonyl (C=O) groups excluding carboxylic acids is 1. The summed E-state index contributed by atoms with van der Waals surface area (Å²) < 4.78 is 0.892. The molecule has 19 heavy (non-hydrogen) atoms. The van der Waals surface area contributed by atoms with Gasteiger partial charge < -0.3 is 0 Å². The summed E-state index contributed by atoms with van der Waals surface area (Å²) in [4.78, 5) is 14.7. The van der Waals surface area contributed by atoms with Crippen molar-refractivity contribution < 1.29 is 4.79 Å². The Kier molecular flexibility index (Phi) is 3.98. The largest absolute Gasteiger partial charge is 0.288 e. The number of halogens is 1. The van der Waals surface area contributed by atoms with Crippen molar-refractivity contribution in [2.75, 3.05) is 0 Å². The molecule has 0 spiro atoms. The minimum atomic E-state index is -0.0367. The summed E-state index contributed by atoms with van der Waals surface area (Å²) in [5.41, 5.74) is 1.86. The van der Waals surface area contributed by atoms with E-state index in [2.05, 4.69) is 36.7 Å². The van der Waals surface area contributed by atoms with Gasteiger partial charge in [-0.25, -0.2) is 0 Å². The van der Waals surface area contributed by atoms with E-state index in [4.69, 9.17) is 0 Å². The zero-order chi connectivity index (χ0) is 14.2. The van der Waals surface area contributed by atoms with Crippen molar-refractivity contribution in [3.8, 4) is 0 Å². The quantitative estimate of drug-likeness (QED) is 0.675. The molecule has 0 atom stereocenters. The van der Waals surface area contributed by atoms with Crippen LogP contribution in [0.2, 0.25) is 0 Å². The van der Waals surface area contributed by atoms with Crippen molar-refractivity contribution in [3.63, 3.8) is 0 Å². The zero-order valence-corrected chi connectivity index (χ0v) is 14.0. The van der Waals surface area contributed by atoms with Crippen molar-refractivity contribution >= 4 is 33.0 Å². The topological polar surface area (TPSA) is 17.1 Å². The Morgan fingerprint density at radius 3 is 2.37 bits per heavy atom. The second kappa shape index (κ2) is 5.22. The van der Waals surface area contributed by atoms with E-state index in [9.17, 15) is 4.79 Å². The molecule has 0 unspecified atom stereocenters. The highest BCUT2D eigenvalue weighted by Crippen LogP contribution is 2.32. The predicted octanol–water partition coefficient (Wildman–Crippen LogP) is 5.35. The maximum absolute atomic E-state index is 12.7. The van der Waals surface area contributed by atoms with Crippen LogP contribution in [0.3, 0.4) is 0 Å². The average molecular weight is 337 g/mol. The first kappa shape index (κ1) is 14.5. The smallest absolute Gasteiger partial charge is 0.204 e. The Hall–Kier alpha value is -0.930. The molecular formula is C16H17BrOS. The summed E-state index contributed by atoms with van der Waals surface area (Å²) in [6.07, 6.45) is 0. The molecule has 0 saturated heterocycles. The third-order valence-corrected chi connectivity index (χ3v) is 4.93. The van der Waals surface area contributed by atoms with Crippen LogP contribution in [0, 0.1) is 6.92 Å². The Bertz CT molecular complexity index is 620. The SMILES string of the molecule is Cc1cc(Br)c(C(=O)c2ccccc2C(C)(C)C)s1. The van der Waals surface area contributed by atoms with E-state index < -0.39 is 0 Å². The van der Waals surface area contributed by atoms with Crippen molar-refractivity contribution in [1.29, 1.82) is 0 Å². The van der Waals surface area contributed by atoms with Gasteiger partial charge in [0.25, 0.3) is 0 Å².